The zero-order chi connectivity index (χ0) is 30.2. The van der Waals surface area contributed by atoms with Gasteiger partial charge in [0.1, 0.15) is 10.7 Å². The van der Waals surface area contributed by atoms with Gasteiger partial charge < -0.3 is 5.32 Å². The van der Waals surface area contributed by atoms with Crippen molar-refractivity contribution < 1.29 is 18.0 Å². The summed E-state index contributed by atoms with van der Waals surface area (Å²) in [6.45, 7) is 1.03. The maximum Gasteiger partial charge on any atom is 0.416 e. The number of alkyl halides is 3. The number of amides is 1. The SMILES string of the molecule is O=C(N[C@H](Cc1ccccc1)c1ccccc1)c1csc(CN(Cc2cccc(Cl)c2)Cc2cccc(C(F)(F)F)c2)n1. The van der Waals surface area contributed by atoms with E-state index in [0.29, 0.717) is 40.8 Å². The Morgan fingerprint density at radius 3 is 2.12 bits per heavy atom. The van der Waals surface area contributed by atoms with Gasteiger partial charge in [0.25, 0.3) is 5.91 Å². The van der Waals surface area contributed by atoms with Gasteiger partial charge >= 0.3 is 6.18 Å². The minimum Gasteiger partial charge on any atom is -0.344 e. The van der Waals surface area contributed by atoms with Gasteiger partial charge in [-0.25, -0.2) is 4.98 Å². The Bertz CT molecular complexity index is 1640. The molecule has 43 heavy (non-hydrogen) atoms. The number of benzene rings is 4. The summed E-state index contributed by atoms with van der Waals surface area (Å²) in [7, 11) is 0. The molecule has 0 aliphatic rings. The van der Waals surface area contributed by atoms with Crippen molar-refractivity contribution in [3.8, 4) is 0 Å². The summed E-state index contributed by atoms with van der Waals surface area (Å²) in [4.78, 5) is 20.0. The largest absolute Gasteiger partial charge is 0.416 e. The van der Waals surface area contributed by atoms with Gasteiger partial charge in [-0.15, -0.1) is 11.3 Å². The summed E-state index contributed by atoms with van der Waals surface area (Å²) in [6, 6.07) is 32.2. The first kappa shape index (κ1) is 30.5. The van der Waals surface area contributed by atoms with E-state index >= 15 is 0 Å². The number of hydrogen-bond acceptors (Lipinski definition) is 4. The molecule has 1 aromatic heterocycles. The van der Waals surface area contributed by atoms with Gasteiger partial charge in [0, 0.05) is 23.5 Å². The fraction of sp³-hybridized carbons (Fsp3) is 0.176. The van der Waals surface area contributed by atoms with Gasteiger partial charge in [-0.05, 0) is 46.9 Å². The molecule has 220 valence electrons. The first-order chi connectivity index (χ1) is 20.7. The first-order valence-corrected chi connectivity index (χ1v) is 15.0. The predicted molar refractivity (Wildman–Crippen MR) is 165 cm³/mol. The van der Waals surface area contributed by atoms with Crippen molar-refractivity contribution in [2.75, 3.05) is 0 Å². The molecular weight excluding hydrogens is 591 g/mol. The third-order valence-corrected chi connectivity index (χ3v) is 7.96. The molecule has 0 aliphatic carbocycles. The molecule has 4 aromatic carbocycles. The second-order valence-corrected chi connectivity index (χ2v) is 11.6. The van der Waals surface area contributed by atoms with Crippen LogP contribution in [0, 0.1) is 0 Å². The molecule has 0 spiro atoms. The van der Waals surface area contributed by atoms with E-state index in [2.05, 4.69) is 10.3 Å². The van der Waals surface area contributed by atoms with E-state index in [1.165, 1.54) is 23.5 Å². The highest BCUT2D eigenvalue weighted by atomic mass is 35.5. The fourth-order valence-electron chi connectivity index (χ4n) is 4.86. The molecule has 1 N–H and O–H groups in total. The second-order valence-electron chi connectivity index (χ2n) is 10.2. The summed E-state index contributed by atoms with van der Waals surface area (Å²) in [5.41, 5.74) is 3.14. The Labute approximate surface area is 257 Å². The average molecular weight is 620 g/mol. The molecule has 1 heterocycles. The van der Waals surface area contributed by atoms with Crippen molar-refractivity contribution in [1.82, 2.24) is 15.2 Å². The van der Waals surface area contributed by atoms with E-state index in [1.54, 1.807) is 17.5 Å². The highest BCUT2D eigenvalue weighted by Gasteiger charge is 2.30. The summed E-state index contributed by atoms with van der Waals surface area (Å²) in [5.74, 6) is -0.286. The van der Waals surface area contributed by atoms with Crippen LogP contribution in [0.5, 0.6) is 0 Å². The first-order valence-electron chi connectivity index (χ1n) is 13.7. The summed E-state index contributed by atoms with van der Waals surface area (Å²) < 4.78 is 40.1. The molecular formula is C34H29ClF3N3OS. The van der Waals surface area contributed by atoms with Crippen LogP contribution in [0.2, 0.25) is 5.02 Å². The lowest BCUT2D eigenvalue weighted by atomic mass is 9.99. The van der Waals surface area contributed by atoms with Crippen LogP contribution in [-0.4, -0.2) is 15.8 Å². The third-order valence-electron chi connectivity index (χ3n) is 6.89. The van der Waals surface area contributed by atoms with E-state index in [9.17, 15) is 18.0 Å². The van der Waals surface area contributed by atoms with Crippen LogP contribution in [0.1, 0.15) is 49.4 Å². The van der Waals surface area contributed by atoms with E-state index in [1.807, 2.05) is 83.8 Å². The van der Waals surface area contributed by atoms with Crippen LogP contribution >= 0.6 is 22.9 Å². The van der Waals surface area contributed by atoms with E-state index < -0.39 is 11.7 Å². The van der Waals surface area contributed by atoms with Crippen LogP contribution in [-0.2, 0) is 32.2 Å². The number of nitrogens with zero attached hydrogens (tertiary/aromatic N) is 2. The van der Waals surface area contributed by atoms with Crippen LogP contribution in [0.4, 0.5) is 13.2 Å². The minimum absolute atomic E-state index is 0.249. The van der Waals surface area contributed by atoms with Crippen LogP contribution < -0.4 is 5.32 Å². The number of aromatic nitrogens is 1. The average Bonchev–Trinajstić information content (AvgIpc) is 3.46. The van der Waals surface area contributed by atoms with Crippen molar-refractivity contribution in [3.05, 3.63) is 158 Å². The van der Waals surface area contributed by atoms with Gasteiger partial charge in [-0.1, -0.05) is 103 Å². The van der Waals surface area contributed by atoms with Gasteiger partial charge in [0.15, 0.2) is 0 Å². The molecule has 0 aliphatic heterocycles. The summed E-state index contributed by atoms with van der Waals surface area (Å²) in [5, 5.41) is 6.12. The molecule has 9 heteroatoms. The maximum absolute atomic E-state index is 13.4. The minimum atomic E-state index is -4.43. The molecule has 0 fully saturated rings. The monoisotopic (exact) mass is 619 g/mol. The smallest absolute Gasteiger partial charge is 0.344 e. The van der Waals surface area contributed by atoms with Gasteiger partial charge in [0.2, 0.25) is 0 Å². The van der Waals surface area contributed by atoms with Crippen LogP contribution in [0.25, 0.3) is 0 Å². The van der Waals surface area contributed by atoms with E-state index in [0.717, 1.165) is 22.8 Å². The predicted octanol–water partition coefficient (Wildman–Crippen LogP) is 8.73. The van der Waals surface area contributed by atoms with Crippen molar-refractivity contribution in [3.63, 3.8) is 0 Å². The summed E-state index contributed by atoms with van der Waals surface area (Å²) in [6.07, 6.45) is -3.80. The molecule has 0 bridgehead atoms. The van der Waals surface area contributed by atoms with Crippen LogP contribution in [0.3, 0.4) is 0 Å². The van der Waals surface area contributed by atoms with Gasteiger partial charge in [-0.3, -0.25) is 9.69 Å². The van der Waals surface area contributed by atoms with Crippen LogP contribution in [0.15, 0.2) is 115 Å². The van der Waals surface area contributed by atoms with Crippen molar-refractivity contribution in [1.29, 1.82) is 0 Å². The number of nitrogens with one attached hydrogen (secondary N) is 1. The highest BCUT2D eigenvalue weighted by Crippen LogP contribution is 2.30. The third kappa shape index (κ3) is 8.76. The molecule has 1 amide bonds. The Morgan fingerprint density at radius 1 is 0.814 bits per heavy atom. The molecule has 4 nitrogen and oxygen atoms in total. The van der Waals surface area contributed by atoms with Gasteiger partial charge in [-0.2, -0.15) is 13.2 Å². The van der Waals surface area contributed by atoms with Crippen molar-refractivity contribution >= 4 is 28.8 Å². The summed E-state index contributed by atoms with van der Waals surface area (Å²) >= 11 is 7.54. The molecule has 5 aromatic rings. The zero-order valence-corrected chi connectivity index (χ0v) is 24.7. The lowest BCUT2D eigenvalue weighted by Gasteiger charge is -2.22. The molecule has 0 radical (unpaired) electrons. The number of thiazole rings is 1. The maximum atomic E-state index is 13.4. The Morgan fingerprint density at radius 2 is 1.44 bits per heavy atom. The lowest BCUT2D eigenvalue weighted by molar-refractivity contribution is -0.137. The normalized spacial score (nSPS) is 12.3. The Hall–Kier alpha value is -3.98. The zero-order valence-electron chi connectivity index (χ0n) is 23.1. The molecule has 0 unspecified atom stereocenters. The Balaban J connectivity index is 1.33. The van der Waals surface area contributed by atoms with Crippen molar-refractivity contribution in [2.24, 2.45) is 0 Å². The lowest BCUT2D eigenvalue weighted by Crippen LogP contribution is -2.30. The molecule has 0 saturated heterocycles. The van der Waals surface area contributed by atoms with E-state index in [-0.39, 0.29) is 18.5 Å². The van der Waals surface area contributed by atoms with E-state index in [4.69, 9.17) is 11.6 Å². The number of halogens is 4. The number of hydrogen-bond donors (Lipinski definition) is 1. The topological polar surface area (TPSA) is 45.2 Å². The molecule has 5 rings (SSSR count). The number of carbonyl (C=O) groups excluding carboxylic acids is 1. The number of rotatable bonds is 11. The molecule has 0 saturated carbocycles. The fourth-order valence-corrected chi connectivity index (χ4v) is 5.89. The quantitative estimate of drug-likeness (QED) is 0.161. The van der Waals surface area contributed by atoms with Crippen molar-refractivity contribution in [2.45, 2.75) is 38.3 Å². The van der Waals surface area contributed by atoms with Gasteiger partial charge in [0.05, 0.1) is 18.2 Å². The standard InChI is InChI=1S/C34H29ClF3N3OS/c35-29-16-8-12-26(18-29)21-41(20-25-11-7-15-28(17-25)34(36,37)38)22-32-39-31(23-43-32)33(42)40-30(27-13-5-2-6-14-27)19-24-9-3-1-4-10-24/h1-18,23,30H,19-22H2,(H,40,42)/t30-/m1/s1. The molecule has 1 atom stereocenters. The highest BCUT2D eigenvalue weighted by molar-refractivity contribution is 7.09. The Kier molecular flexibility index (Phi) is 9.92. The second kappa shape index (κ2) is 14.0. The number of carbonyl (C=O) groups is 1.